The molecule has 1 aliphatic rings. The van der Waals surface area contributed by atoms with Crippen molar-refractivity contribution in [1.82, 2.24) is 9.21 Å². The van der Waals surface area contributed by atoms with Crippen LogP contribution in [-0.4, -0.2) is 43.2 Å². The molecular formula is C18H22N4O2S. The maximum atomic E-state index is 12.8. The molecule has 6 nitrogen and oxygen atoms in total. The molecule has 1 heterocycles. The molecule has 0 radical (unpaired) electrons. The first kappa shape index (κ1) is 17.4. The van der Waals surface area contributed by atoms with Crippen LogP contribution >= 0.6 is 0 Å². The lowest BCUT2D eigenvalue weighted by atomic mass is 10.2. The average molecular weight is 358 g/mol. The highest BCUT2D eigenvalue weighted by molar-refractivity contribution is 7.89. The fourth-order valence-electron chi connectivity index (χ4n) is 2.89. The molecule has 1 aliphatic heterocycles. The fourth-order valence-corrected chi connectivity index (χ4v) is 4.29. The summed E-state index contributed by atoms with van der Waals surface area (Å²) < 4.78 is 26.9. The average Bonchev–Trinajstić information content (AvgIpc) is 2.98. The minimum absolute atomic E-state index is 0.0230. The Balaban J connectivity index is 1.75. The lowest BCUT2D eigenvalue weighted by Gasteiger charge is -2.21. The molecule has 0 unspecified atom stereocenters. The van der Waals surface area contributed by atoms with Crippen LogP contribution in [0, 0.1) is 5.41 Å². The summed E-state index contributed by atoms with van der Waals surface area (Å²) in [6, 6.07) is 16.5. The van der Waals surface area contributed by atoms with E-state index < -0.39 is 10.0 Å². The molecular weight excluding hydrogens is 336 g/mol. The van der Waals surface area contributed by atoms with Crippen molar-refractivity contribution in [3.63, 3.8) is 0 Å². The summed E-state index contributed by atoms with van der Waals surface area (Å²) in [6.07, 6.45) is 0.713. The third kappa shape index (κ3) is 3.67. The number of rotatable bonds is 6. The van der Waals surface area contributed by atoms with E-state index in [-0.39, 0.29) is 10.9 Å². The van der Waals surface area contributed by atoms with E-state index in [0.29, 0.717) is 32.6 Å². The van der Waals surface area contributed by atoms with Gasteiger partial charge in [0.25, 0.3) is 10.0 Å². The number of hydrogen-bond acceptors (Lipinski definition) is 4. The smallest absolute Gasteiger partial charge is 0.266 e. The highest BCUT2D eigenvalue weighted by Crippen LogP contribution is 2.22. The molecule has 1 fully saturated rings. The Morgan fingerprint density at radius 2 is 1.64 bits per heavy atom. The summed E-state index contributed by atoms with van der Waals surface area (Å²) >= 11 is 0. The summed E-state index contributed by atoms with van der Waals surface area (Å²) in [7, 11) is -3.71. The van der Waals surface area contributed by atoms with Crippen molar-refractivity contribution in [2.24, 2.45) is 5.73 Å². The second-order valence-corrected chi connectivity index (χ2v) is 7.85. The maximum absolute atomic E-state index is 12.8. The number of nitrogens with zero attached hydrogens (tertiary/aromatic N) is 2. The van der Waals surface area contributed by atoms with Crippen molar-refractivity contribution in [3.05, 3.63) is 65.7 Å². The van der Waals surface area contributed by atoms with Crippen molar-refractivity contribution in [2.45, 2.75) is 17.9 Å². The fraction of sp³-hybridized carbons (Fsp3) is 0.278. The van der Waals surface area contributed by atoms with Crippen LogP contribution in [0.3, 0.4) is 0 Å². The Labute approximate surface area is 148 Å². The van der Waals surface area contributed by atoms with E-state index >= 15 is 0 Å². The standard InChI is InChI=1S/C18H22N4O2S/c19-11-10-15-6-8-17(9-7-15)25(23,24)22-13-12-21(18(22)20)14-16-4-2-1-3-5-16/h1-9,20H,10-14,19H2. The molecule has 25 heavy (non-hydrogen) atoms. The number of guanidine groups is 1. The minimum Gasteiger partial charge on any atom is -0.336 e. The van der Waals surface area contributed by atoms with Gasteiger partial charge < -0.3 is 10.6 Å². The Morgan fingerprint density at radius 1 is 0.960 bits per heavy atom. The first-order valence-corrected chi connectivity index (χ1v) is 9.65. The van der Waals surface area contributed by atoms with Crippen LogP contribution in [-0.2, 0) is 23.0 Å². The van der Waals surface area contributed by atoms with Gasteiger partial charge >= 0.3 is 0 Å². The predicted octanol–water partition coefficient (Wildman–Crippen LogP) is 1.63. The lowest BCUT2D eigenvalue weighted by molar-refractivity contribution is 0.454. The zero-order valence-electron chi connectivity index (χ0n) is 13.9. The molecule has 7 heteroatoms. The van der Waals surface area contributed by atoms with Gasteiger partial charge in [-0.1, -0.05) is 42.5 Å². The topological polar surface area (TPSA) is 90.5 Å². The van der Waals surface area contributed by atoms with Crippen LogP contribution in [0.1, 0.15) is 11.1 Å². The van der Waals surface area contributed by atoms with Gasteiger partial charge in [-0.3, -0.25) is 5.41 Å². The molecule has 0 bridgehead atoms. The van der Waals surface area contributed by atoms with Gasteiger partial charge in [-0.2, -0.15) is 0 Å². The van der Waals surface area contributed by atoms with Gasteiger partial charge in [0.15, 0.2) is 0 Å². The van der Waals surface area contributed by atoms with Crippen molar-refractivity contribution < 1.29 is 8.42 Å². The van der Waals surface area contributed by atoms with Gasteiger partial charge in [-0.25, -0.2) is 12.7 Å². The monoisotopic (exact) mass is 358 g/mol. The van der Waals surface area contributed by atoms with E-state index in [1.165, 1.54) is 4.31 Å². The summed E-state index contributed by atoms with van der Waals surface area (Å²) in [5, 5.41) is 8.28. The summed E-state index contributed by atoms with van der Waals surface area (Å²) in [4.78, 5) is 1.98. The first-order chi connectivity index (χ1) is 12.0. The molecule has 0 aliphatic carbocycles. The molecule has 3 rings (SSSR count). The van der Waals surface area contributed by atoms with Gasteiger partial charge in [0.05, 0.1) is 11.4 Å². The van der Waals surface area contributed by atoms with Crippen LogP contribution in [0.2, 0.25) is 0 Å². The number of sulfonamides is 1. The number of benzene rings is 2. The number of nitrogens with two attached hydrogens (primary N) is 1. The zero-order chi connectivity index (χ0) is 17.9. The van der Waals surface area contributed by atoms with Crippen molar-refractivity contribution in [3.8, 4) is 0 Å². The maximum Gasteiger partial charge on any atom is 0.266 e. The van der Waals surface area contributed by atoms with Gasteiger partial charge in [0.1, 0.15) is 0 Å². The van der Waals surface area contributed by atoms with E-state index in [2.05, 4.69) is 0 Å². The molecule has 0 saturated carbocycles. The predicted molar refractivity (Wildman–Crippen MR) is 97.7 cm³/mol. The Bertz CT molecular complexity index is 835. The third-order valence-corrected chi connectivity index (χ3v) is 6.07. The van der Waals surface area contributed by atoms with Crippen LogP contribution in [0.15, 0.2) is 59.5 Å². The molecule has 2 aromatic carbocycles. The molecule has 0 atom stereocenters. The van der Waals surface area contributed by atoms with E-state index in [1.807, 2.05) is 30.3 Å². The molecule has 3 N–H and O–H groups in total. The molecule has 0 aromatic heterocycles. The van der Waals surface area contributed by atoms with Crippen LogP contribution in [0.25, 0.3) is 0 Å². The summed E-state index contributed by atoms with van der Waals surface area (Å²) in [5.41, 5.74) is 7.58. The normalized spacial score (nSPS) is 15.0. The molecule has 132 valence electrons. The van der Waals surface area contributed by atoms with E-state index in [0.717, 1.165) is 11.1 Å². The highest BCUT2D eigenvalue weighted by atomic mass is 32.2. The van der Waals surface area contributed by atoms with Crippen LogP contribution in [0.4, 0.5) is 0 Å². The van der Waals surface area contributed by atoms with Gasteiger partial charge in [-0.05, 0) is 36.2 Å². The summed E-state index contributed by atoms with van der Waals surface area (Å²) in [6.45, 7) is 1.86. The van der Waals surface area contributed by atoms with Crippen molar-refractivity contribution >= 4 is 16.0 Å². The second kappa shape index (κ2) is 7.25. The van der Waals surface area contributed by atoms with Crippen molar-refractivity contribution in [2.75, 3.05) is 19.6 Å². The van der Waals surface area contributed by atoms with Crippen LogP contribution < -0.4 is 5.73 Å². The van der Waals surface area contributed by atoms with E-state index in [9.17, 15) is 8.42 Å². The lowest BCUT2D eigenvalue weighted by Crippen LogP contribution is -2.36. The SMILES string of the molecule is N=C1N(Cc2ccccc2)CCN1S(=O)(=O)c1ccc(CCN)cc1. The minimum atomic E-state index is -3.71. The third-order valence-electron chi connectivity index (χ3n) is 4.27. The Kier molecular flexibility index (Phi) is 5.06. The van der Waals surface area contributed by atoms with Crippen molar-refractivity contribution in [1.29, 1.82) is 5.41 Å². The molecule has 1 saturated heterocycles. The molecule has 2 aromatic rings. The van der Waals surface area contributed by atoms with E-state index in [4.69, 9.17) is 11.1 Å². The van der Waals surface area contributed by atoms with Gasteiger partial charge in [0, 0.05) is 13.1 Å². The van der Waals surface area contributed by atoms with E-state index in [1.54, 1.807) is 29.2 Å². The Morgan fingerprint density at radius 3 is 2.28 bits per heavy atom. The van der Waals surface area contributed by atoms with Gasteiger partial charge in [0.2, 0.25) is 5.96 Å². The van der Waals surface area contributed by atoms with Crippen LogP contribution in [0.5, 0.6) is 0 Å². The summed E-state index contributed by atoms with van der Waals surface area (Å²) in [5.74, 6) is 0.0230. The van der Waals surface area contributed by atoms with Gasteiger partial charge in [-0.15, -0.1) is 0 Å². The Hall–Kier alpha value is -2.38. The largest absolute Gasteiger partial charge is 0.336 e. The first-order valence-electron chi connectivity index (χ1n) is 8.21. The highest BCUT2D eigenvalue weighted by Gasteiger charge is 2.35. The zero-order valence-corrected chi connectivity index (χ0v) is 14.7. The number of nitrogens with one attached hydrogen (secondary N) is 1. The number of hydrogen-bond donors (Lipinski definition) is 2. The molecule has 0 amide bonds. The molecule has 0 spiro atoms. The second-order valence-electron chi connectivity index (χ2n) is 5.99. The quantitative estimate of drug-likeness (QED) is 0.821.